The molecule has 1 aromatic heterocycles. The van der Waals surface area contributed by atoms with E-state index in [-0.39, 0.29) is 12.5 Å². The van der Waals surface area contributed by atoms with Crippen LogP contribution in [0, 0.1) is 5.92 Å². The Morgan fingerprint density at radius 2 is 2.28 bits per heavy atom. The molecule has 0 unspecified atom stereocenters. The van der Waals surface area contributed by atoms with Crippen LogP contribution in [0.3, 0.4) is 0 Å². The lowest BCUT2D eigenvalue weighted by Gasteiger charge is -2.19. The monoisotopic (exact) mass is 254 g/mol. The molecule has 1 heterocycles. The average molecular weight is 254 g/mol. The summed E-state index contributed by atoms with van der Waals surface area (Å²) in [7, 11) is 1.40. The molecule has 6 nitrogen and oxygen atoms in total. The number of hydrogen-bond donors (Lipinski definition) is 0. The van der Waals surface area contributed by atoms with Crippen molar-refractivity contribution in [1.82, 2.24) is 19.7 Å². The molecule has 1 aromatic rings. The Labute approximate surface area is 108 Å². The summed E-state index contributed by atoms with van der Waals surface area (Å²) in [5.41, 5.74) is 0. The molecule has 0 aromatic carbocycles. The second-order valence-electron chi connectivity index (χ2n) is 4.63. The SMILES string of the molecule is CCN(CC(=O)OC)Cc1ncnn1CC(C)C. The summed E-state index contributed by atoms with van der Waals surface area (Å²) < 4.78 is 6.57. The maximum Gasteiger partial charge on any atom is 0.319 e. The quantitative estimate of drug-likeness (QED) is 0.677. The van der Waals surface area contributed by atoms with Gasteiger partial charge in [0.05, 0.1) is 20.2 Å². The summed E-state index contributed by atoms with van der Waals surface area (Å²) >= 11 is 0. The summed E-state index contributed by atoms with van der Waals surface area (Å²) in [6.45, 7) is 8.77. The van der Waals surface area contributed by atoms with Gasteiger partial charge in [0, 0.05) is 6.54 Å². The molecule has 102 valence electrons. The number of nitrogens with zero attached hydrogens (tertiary/aromatic N) is 4. The van der Waals surface area contributed by atoms with Crippen molar-refractivity contribution in [1.29, 1.82) is 0 Å². The smallest absolute Gasteiger partial charge is 0.319 e. The summed E-state index contributed by atoms with van der Waals surface area (Å²) in [6.07, 6.45) is 1.56. The van der Waals surface area contributed by atoms with Crippen LogP contribution >= 0.6 is 0 Å². The number of likely N-dealkylation sites (N-methyl/N-ethyl adjacent to an activating group) is 1. The highest BCUT2D eigenvalue weighted by Crippen LogP contribution is 2.04. The van der Waals surface area contributed by atoms with E-state index >= 15 is 0 Å². The van der Waals surface area contributed by atoms with E-state index < -0.39 is 0 Å². The molecule has 6 heteroatoms. The summed E-state index contributed by atoms with van der Waals surface area (Å²) in [6, 6.07) is 0. The van der Waals surface area contributed by atoms with Crippen molar-refractivity contribution in [3.8, 4) is 0 Å². The Morgan fingerprint density at radius 3 is 2.83 bits per heavy atom. The van der Waals surface area contributed by atoms with Crippen LogP contribution in [0.5, 0.6) is 0 Å². The Kier molecular flexibility index (Phi) is 5.77. The number of aromatic nitrogens is 3. The Bertz CT molecular complexity index is 376. The van der Waals surface area contributed by atoms with Crippen molar-refractivity contribution >= 4 is 5.97 Å². The minimum absolute atomic E-state index is 0.230. The number of carbonyl (C=O) groups excluding carboxylic acids is 1. The maximum atomic E-state index is 11.3. The molecular formula is C12H22N4O2. The first-order valence-electron chi connectivity index (χ1n) is 6.22. The lowest BCUT2D eigenvalue weighted by Crippen LogP contribution is -2.31. The predicted molar refractivity (Wildman–Crippen MR) is 67.8 cm³/mol. The largest absolute Gasteiger partial charge is 0.468 e. The summed E-state index contributed by atoms with van der Waals surface area (Å²) in [4.78, 5) is 17.5. The van der Waals surface area contributed by atoms with Crippen LogP contribution in [0.15, 0.2) is 6.33 Å². The first-order valence-corrected chi connectivity index (χ1v) is 6.22. The van der Waals surface area contributed by atoms with Gasteiger partial charge in [-0.15, -0.1) is 0 Å². The van der Waals surface area contributed by atoms with Gasteiger partial charge < -0.3 is 4.74 Å². The Hall–Kier alpha value is -1.43. The van der Waals surface area contributed by atoms with Crippen LogP contribution in [0.4, 0.5) is 0 Å². The van der Waals surface area contributed by atoms with E-state index in [1.165, 1.54) is 7.11 Å². The van der Waals surface area contributed by atoms with Gasteiger partial charge in [-0.05, 0) is 12.5 Å². The molecule has 0 bridgehead atoms. The van der Waals surface area contributed by atoms with Gasteiger partial charge in [-0.1, -0.05) is 20.8 Å². The molecule has 0 aliphatic rings. The highest BCUT2D eigenvalue weighted by molar-refractivity contribution is 5.71. The van der Waals surface area contributed by atoms with E-state index in [9.17, 15) is 4.79 Å². The number of methoxy groups -OCH3 is 1. The zero-order valence-corrected chi connectivity index (χ0v) is 11.6. The second-order valence-corrected chi connectivity index (χ2v) is 4.63. The molecule has 0 atom stereocenters. The van der Waals surface area contributed by atoms with Crippen molar-refractivity contribution in [3.05, 3.63) is 12.2 Å². The third-order valence-corrected chi connectivity index (χ3v) is 2.63. The van der Waals surface area contributed by atoms with E-state index in [0.29, 0.717) is 12.5 Å². The maximum absolute atomic E-state index is 11.3. The van der Waals surface area contributed by atoms with Crippen LogP contribution in [-0.2, 0) is 22.6 Å². The van der Waals surface area contributed by atoms with Gasteiger partial charge in [-0.25, -0.2) is 9.67 Å². The molecule has 18 heavy (non-hydrogen) atoms. The van der Waals surface area contributed by atoms with Gasteiger partial charge in [0.25, 0.3) is 0 Å². The van der Waals surface area contributed by atoms with Crippen molar-refractivity contribution in [2.75, 3.05) is 20.2 Å². The predicted octanol–water partition coefficient (Wildman–Crippen LogP) is 0.929. The molecule has 0 N–H and O–H groups in total. The fourth-order valence-corrected chi connectivity index (χ4v) is 1.64. The number of rotatable bonds is 7. The van der Waals surface area contributed by atoms with Crippen molar-refractivity contribution < 1.29 is 9.53 Å². The standard InChI is InChI=1S/C12H22N4O2/c1-5-15(8-12(17)18-4)7-11-13-9-14-16(11)6-10(2)3/h9-10H,5-8H2,1-4H3. The molecular weight excluding hydrogens is 232 g/mol. The summed E-state index contributed by atoms with van der Waals surface area (Å²) in [5.74, 6) is 1.17. The van der Waals surface area contributed by atoms with E-state index in [1.54, 1.807) is 6.33 Å². The number of esters is 1. The first-order chi connectivity index (χ1) is 8.56. The third-order valence-electron chi connectivity index (χ3n) is 2.63. The van der Waals surface area contributed by atoms with Crippen molar-refractivity contribution in [2.24, 2.45) is 5.92 Å². The van der Waals surface area contributed by atoms with Crippen LogP contribution in [0.25, 0.3) is 0 Å². The van der Waals surface area contributed by atoms with Gasteiger partial charge >= 0.3 is 5.97 Å². The number of ether oxygens (including phenoxy) is 1. The molecule has 0 radical (unpaired) electrons. The zero-order chi connectivity index (χ0) is 13.5. The molecule has 0 saturated heterocycles. The molecule has 0 spiro atoms. The van der Waals surface area contributed by atoms with Crippen LogP contribution in [-0.4, -0.2) is 45.8 Å². The first kappa shape index (κ1) is 14.6. The summed E-state index contributed by atoms with van der Waals surface area (Å²) in [5, 5.41) is 4.21. The Morgan fingerprint density at radius 1 is 1.56 bits per heavy atom. The molecule has 0 aliphatic carbocycles. The molecule has 0 amide bonds. The van der Waals surface area contributed by atoms with Gasteiger partial charge in [0.1, 0.15) is 12.2 Å². The van der Waals surface area contributed by atoms with Crippen molar-refractivity contribution in [2.45, 2.75) is 33.9 Å². The lowest BCUT2D eigenvalue weighted by atomic mass is 10.2. The fraction of sp³-hybridized carbons (Fsp3) is 0.750. The highest BCUT2D eigenvalue weighted by Gasteiger charge is 2.13. The minimum Gasteiger partial charge on any atom is -0.468 e. The van der Waals surface area contributed by atoms with Crippen LogP contribution in [0.2, 0.25) is 0 Å². The normalized spacial score (nSPS) is 11.2. The second kappa shape index (κ2) is 7.10. The molecule has 0 saturated carbocycles. The van der Waals surface area contributed by atoms with E-state index in [0.717, 1.165) is 18.9 Å². The van der Waals surface area contributed by atoms with Crippen LogP contribution < -0.4 is 0 Å². The topological polar surface area (TPSA) is 60.3 Å². The number of hydrogen-bond acceptors (Lipinski definition) is 5. The molecule has 0 aliphatic heterocycles. The average Bonchev–Trinajstić information content (AvgIpc) is 2.74. The molecule has 0 fully saturated rings. The van der Waals surface area contributed by atoms with Gasteiger partial charge in [-0.2, -0.15) is 5.10 Å². The van der Waals surface area contributed by atoms with Crippen LogP contribution in [0.1, 0.15) is 26.6 Å². The Balaban J connectivity index is 2.64. The van der Waals surface area contributed by atoms with Gasteiger partial charge in [0.15, 0.2) is 0 Å². The van der Waals surface area contributed by atoms with Gasteiger partial charge in [-0.3, -0.25) is 9.69 Å². The van der Waals surface area contributed by atoms with Gasteiger partial charge in [0.2, 0.25) is 0 Å². The van der Waals surface area contributed by atoms with E-state index in [1.807, 2.05) is 16.5 Å². The zero-order valence-electron chi connectivity index (χ0n) is 11.6. The fourth-order valence-electron chi connectivity index (χ4n) is 1.64. The van der Waals surface area contributed by atoms with Crippen molar-refractivity contribution in [3.63, 3.8) is 0 Å². The molecule has 1 rings (SSSR count). The minimum atomic E-state index is -0.230. The third kappa shape index (κ3) is 4.44. The van der Waals surface area contributed by atoms with E-state index in [4.69, 9.17) is 0 Å². The number of carbonyl (C=O) groups is 1. The highest BCUT2D eigenvalue weighted by atomic mass is 16.5. The lowest BCUT2D eigenvalue weighted by molar-refractivity contribution is -0.142. The van der Waals surface area contributed by atoms with E-state index in [2.05, 4.69) is 28.7 Å².